The first-order chi connectivity index (χ1) is 15.2. The van der Waals surface area contributed by atoms with Gasteiger partial charge in [-0.2, -0.15) is 0 Å². The molecule has 7 heteroatoms. The van der Waals surface area contributed by atoms with Gasteiger partial charge in [0.15, 0.2) is 0 Å². The van der Waals surface area contributed by atoms with Crippen molar-refractivity contribution in [1.29, 1.82) is 0 Å². The Bertz CT molecular complexity index is 1240. The highest BCUT2D eigenvalue weighted by Crippen LogP contribution is 2.37. The van der Waals surface area contributed by atoms with E-state index >= 15 is 0 Å². The Balaban J connectivity index is 1.42. The number of amides is 1. The van der Waals surface area contributed by atoms with E-state index in [4.69, 9.17) is 0 Å². The topological polar surface area (TPSA) is 79.8 Å². The van der Waals surface area contributed by atoms with E-state index in [1.807, 2.05) is 19.1 Å². The second kappa shape index (κ2) is 8.43. The summed E-state index contributed by atoms with van der Waals surface area (Å²) in [4.78, 5) is 27.4. The van der Waals surface area contributed by atoms with Gasteiger partial charge in [-0.05, 0) is 60.6 Å². The van der Waals surface area contributed by atoms with E-state index in [9.17, 15) is 4.79 Å². The van der Waals surface area contributed by atoms with E-state index in [-0.39, 0.29) is 11.9 Å². The smallest absolute Gasteiger partial charge is 0.261 e. The summed E-state index contributed by atoms with van der Waals surface area (Å²) >= 11 is 1.41. The molecule has 1 unspecified atom stereocenters. The van der Waals surface area contributed by atoms with E-state index in [1.165, 1.54) is 22.5 Å². The van der Waals surface area contributed by atoms with Crippen molar-refractivity contribution in [1.82, 2.24) is 20.3 Å². The number of carbonyl (C=O) groups is 1. The largest absolute Gasteiger partial charge is 0.363 e. The molecule has 0 spiro atoms. The molecule has 0 fully saturated rings. The zero-order valence-corrected chi connectivity index (χ0v) is 18.1. The van der Waals surface area contributed by atoms with Crippen molar-refractivity contribution >= 4 is 33.3 Å². The van der Waals surface area contributed by atoms with Crippen molar-refractivity contribution in [2.24, 2.45) is 0 Å². The number of hydrogen-bond donors (Lipinski definition) is 2. The molecule has 0 radical (unpaired) electrons. The minimum atomic E-state index is -0.0914. The van der Waals surface area contributed by atoms with Crippen LogP contribution in [0.1, 0.15) is 50.8 Å². The predicted octanol–water partition coefficient (Wildman–Crippen LogP) is 4.81. The van der Waals surface area contributed by atoms with Crippen LogP contribution in [0.15, 0.2) is 55.1 Å². The molecule has 1 aliphatic carbocycles. The summed E-state index contributed by atoms with van der Waals surface area (Å²) in [5.74, 6) is 0.708. The number of nitrogens with zero attached hydrogens (tertiary/aromatic N) is 3. The Morgan fingerprint density at radius 3 is 2.87 bits per heavy atom. The number of pyridine rings is 1. The molecule has 0 bridgehead atoms. The Morgan fingerprint density at radius 2 is 2.00 bits per heavy atom. The quantitative estimate of drug-likeness (QED) is 0.476. The molecule has 6 nitrogen and oxygen atoms in total. The molecule has 1 aliphatic rings. The van der Waals surface area contributed by atoms with Gasteiger partial charge in [-0.25, -0.2) is 9.97 Å². The van der Waals surface area contributed by atoms with Gasteiger partial charge < -0.3 is 10.6 Å². The van der Waals surface area contributed by atoms with E-state index in [2.05, 4.69) is 49.9 Å². The summed E-state index contributed by atoms with van der Waals surface area (Å²) < 4.78 is 0. The molecule has 1 amide bonds. The Morgan fingerprint density at radius 1 is 1.16 bits per heavy atom. The third-order valence-corrected chi connectivity index (χ3v) is 7.01. The average Bonchev–Trinajstić information content (AvgIpc) is 3.16. The molecule has 0 aliphatic heterocycles. The molecule has 156 valence electrons. The van der Waals surface area contributed by atoms with Gasteiger partial charge in [-0.3, -0.25) is 9.78 Å². The Labute approximate surface area is 184 Å². The summed E-state index contributed by atoms with van der Waals surface area (Å²) in [6.07, 6.45) is 8.35. The van der Waals surface area contributed by atoms with Crippen molar-refractivity contribution in [3.63, 3.8) is 0 Å². The first-order valence-electron chi connectivity index (χ1n) is 10.5. The SMILES string of the molecule is Cc1c(C(=O)NCc2ccncc2)sc2ncnc(NC3CCCc4ccccc43)c12. The monoisotopic (exact) mass is 429 g/mol. The van der Waals surface area contributed by atoms with Gasteiger partial charge in [-0.1, -0.05) is 24.3 Å². The summed E-state index contributed by atoms with van der Waals surface area (Å²) in [6, 6.07) is 12.6. The van der Waals surface area contributed by atoms with Gasteiger partial charge in [0.05, 0.1) is 16.3 Å². The maximum atomic E-state index is 12.9. The molecule has 3 aromatic heterocycles. The molecule has 4 aromatic rings. The Hall–Kier alpha value is -3.32. The van der Waals surface area contributed by atoms with Crippen LogP contribution in [0.3, 0.4) is 0 Å². The van der Waals surface area contributed by atoms with Gasteiger partial charge in [-0.15, -0.1) is 11.3 Å². The standard InChI is InChI=1S/C24H23N5OS/c1-15-20-22(29-19-8-4-6-17-5-2-3-7-18(17)19)27-14-28-24(20)31-21(15)23(30)26-13-16-9-11-25-12-10-16/h2-3,5,7,9-12,14,19H,4,6,8,13H2,1H3,(H,26,30)(H,27,28,29). The van der Waals surface area contributed by atoms with Crippen LogP contribution in [-0.2, 0) is 13.0 Å². The van der Waals surface area contributed by atoms with Gasteiger partial charge >= 0.3 is 0 Å². The number of anilines is 1. The van der Waals surface area contributed by atoms with Crippen LogP contribution in [0.4, 0.5) is 5.82 Å². The first-order valence-corrected chi connectivity index (χ1v) is 11.3. The number of aromatic nitrogens is 3. The van der Waals surface area contributed by atoms with Gasteiger partial charge in [0.2, 0.25) is 0 Å². The van der Waals surface area contributed by atoms with Crippen LogP contribution in [0.5, 0.6) is 0 Å². The number of aryl methyl sites for hydroxylation is 2. The van der Waals surface area contributed by atoms with Crippen LogP contribution < -0.4 is 10.6 Å². The number of benzene rings is 1. The lowest BCUT2D eigenvalue weighted by atomic mass is 9.87. The predicted molar refractivity (Wildman–Crippen MR) is 123 cm³/mol. The summed E-state index contributed by atoms with van der Waals surface area (Å²) in [5, 5.41) is 7.59. The van der Waals surface area contributed by atoms with E-state index in [0.717, 1.165) is 46.4 Å². The van der Waals surface area contributed by atoms with Gasteiger partial charge in [0, 0.05) is 18.9 Å². The third kappa shape index (κ3) is 3.88. The Kier molecular flexibility index (Phi) is 5.34. The van der Waals surface area contributed by atoms with E-state index < -0.39 is 0 Å². The van der Waals surface area contributed by atoms with E-state index in [1.54, 1.807) is 18.7 Å². The van der Waals surface area contributed by atoms with E-state index in [0.29, 0.717) is 11.4 Å². The van der Waals surface area contributed by atoms with Crippen molar-refractivity contribution in [3.8, 4) is 0 Å². The molecule has 1 atom stereocenters. The molecular formula is C24H23N5OS. The zero-order valence-electron chi connectivity index (χ0n) is 17.3. The van der Waals surface area contributed by atoms with Crippen LogP contribution in [-0.4, -0.2) is 20.9 Å². The number of thiophene rings is 1. The lowest BCUT2D eigenvalue weighted by Gasteiger charge is -2.27. The fourth-order valence-corrected chi connectivity index (χ4v) is 5.29. The highest BCUT2D eigenvalue weighted by Gasteiger charge is 2.23. The normalized spacial score (nSPS) is 15.5. The number of fused-ring (bicyclic) bond motifs is 2. The number of carbonyl (C=O) groups excluding carboxylic acids is 1. The zero-order chi connectivity index (χ0) is 21.2. The lowest BCUT2D eigenvalue weighted by molar-refractivity contribution is 0.0954. The molecule has 2 N–H and O–H groups in total. The highest BCUT2D eigenvalue weighted by atomic mass is 32.1. The maximum absolute atomic E-state index is 12.9. The number of hydrogen-bond acceptors (Lipinski definition) is 6. The van der Waals surface area contributed by atoms with Crippen molar-refractivity contribution in [3.05, 3.63) is 82.3 Å². The molecular weight excluding hydrogens is 406 g/mol. The van der Waals surface area contributed by atoms with Crippen molar-refractivity contribution < 1.29 is 4.79 Å². The summed E-state index contributed by atoms with van der Waals surface area (Å²) in [5.41, 5.74) is 4.66. The van der Waals surface area contributed by atoms with Crippen molar-refractivity contribution in [2.45, 2.75) is 38.8 Å². The molecule has 1 aromatic carbocycles. The lowest BCUT2D eigenvalue weighted by Crippen LogP contribution is -2.22. The molecule has 5 rings (SSSR count). The first kappa shape index (κ1) is 19.6. The third-order valence-electron chi connectivity index (χ3n) is 5.82. The van der Waals surface area contributed by atoms with Gasteiger partial charge in [0.1, 0.15) is 17.0 Å². The van der Waals surface area contributed by atoms with Crippen molar-refractivity contribution in [2.75, 3.05) is 5.32 Å². The number of rotatable bonds is 5. The molecule has 3 heterocycles. The van der Waals surface area contributed by atoms with Gasteiger partial charge in [0.25, 0.3) is 5.91 Å². The average molecular weight is 430 g/mol. The fraction of sp³-hybridized carbons (Fsp3) is 0.250. The van der Waals surface area contributed by atoms with Crippen LogP contribution in [0, 0.1) is 6.92 Å². The maximum Gasteiger partial charge on any atom is 0.261 e. The highest BCUT2D eigenvalue weighted by molar-refractivity contribution is 7.20. The van der Waals surface area contributed by atoms with Crippen LogP contribution in [0.25, 0.3) is 10.2 Å². The fourth-order valence-electron chi connectivity index (χ4n) is 4.23. The minimum absolute atomic E-state index is 0.0914. The molecule has 0 saturated carbocycles. The second-order valence-electron chi connectivity index (χ2n) is 7.78. The van der Waals surface area contributed by atoms with Crippen LogP contribution >= 0.6 is 11.3 Å². The second-order valence-corrected chi connectivity index (χ2v) is 8.78. The van der Waals surface area contributed by atoms with Crippen LogP contribution in [0.2, 0.25) is 0 Å². The summed E-state index contributed by atoms with van der Waals surface area (Å²) in [6.45, 7) is 2.44. The molecule has 31 heavy (non-hydrogen) atoms. The minimum Gasteiger partial charge on any atom is -0.363 e. The molecule has 0 saturated heterocycles. The summed E-state index contributed by atoms with van der Waals surface area (Å²) in [7, 11) is 0. The number of nitrogens with one attached hydrogen (secondary N) is 2.